The van der Waals surface area contributed by atoms with Gasteiger partial charge in [-0.2, -0.15) is 0 Å². The van der Waals surface area contributed by atoms with E-state index >= 15 is 0 Å². The number of ether oxygens (including phenoxy) is 1. The first kappa shape index (κ1) is 13.4. The summed E-state index contributed by atoms with van der Waals surface area (Å²) in [5, 5.41) is 0. The maximum absolute atomic E-state index is 6.32. The minimum Gasteiger partial charge on any atom is -0.497 e. The predicted molar refractivity (Wildman–Crippen MR) is 74.8 cm³/mol. The van der Waals surface area contributed by atoms with Crippen molar-refractivity contribution in [2.45, 2.75) is 38.3 Å². The number of hydrogen-bond acceptors (Lipinski definition) is 3. The second-order valence-electron chi connectivity index (χ2n) is 5.08. The van der Waals surface area contributed by atoms with Crippen molar-refractivity contribution in [3.8, 4) is 5.75 Å². The zero-order chi connectivity index (χ0) is 13.0. The van der Waals surface area contributed by atoms with Crippen LogP contribution in [0.1, 0.15) is 37.8 Å². The van der Waals surface area contributed by atoms with Gasteiger partial charge in [0.25, 0.3) is 0 Å². The Morgan fingerprint density at radius 2 is 2.33 bits per heavy atom. The Balaban J connectivity index is 2.00. The Kier molecular flexibility index (Phi) is 4.61. The smallest absolute Gasteiger partial charge is 0.119 e. The lowest BCUT2D eigenvalue weighted by atomic mass is 10.1. The fraction of sp³-hybridized carbons (Fsp3) is 0.600. The molecule has 1 aliphatic heterocycles. The molecule has 1 aromatic rings. The van der Waals surface area contributed by atoms with Gasteiger partial charge < -0.3 is 10.5 Å². The summed E-state index contributed by atoms with van der Waals surface area (Å²) in [4.78, 5) is 2.53. The number of methoxy groups -OCH3 is 1. The van der Waals surface area contributed by atoms with Crippen LogP contribution in [0.5, 0.6) is 5.75 Å². The zero-order valence-electron chi connectivity index (χ0n) is 11.4. The maximum Gasteiger partial charge on any atom is 0.119 e. The molecule has 3 nitrogen and oxygen atoms in total. The fourth-order valence-corrected chi connectivity index (χ4v) is 2.83. The lowest BCUT2D eigenvalue weighted by Gasteiger charge is -2.26. The number of nitrogens with zero attached hydrogens (tertiary/aromatic N) is 1. The molecule has 1 fully saturated rings. The van der Waals surface area contributed by atoms with Crippen LogP contribution in [0.3, 0.4) is 0 Å². The Morgan fingerprint density at radius 3 is 3.06 bits per heavy atom. The SMILES string of the molecule is CCC1CCCN1CC(N)c1cccc(OC)c1. The molecule has 2 unspecified atom stereocenters. The molecule has 0 saturated carbocycles. The largest absolute Gasteiger partial charge is 0.497 e. The first-order chi connectivity index (χ1) is 8.74. The molecule has 0 aromatic heterocycles. The molecule has 1 heterocycles. The lowest BCUT2D eigenvalue weighted by Crippen LogP contribution is -2.35. The fourth-order valence-electron chi connectivity index (χ4n) is 2.83. The van der Waals surface area contributed by atoms with Crippen LogP contribution in [0.4, 0.5) is 0 Å². The summed E-state index contributed by atoms with van der Waals surface area (Å²) in [6.07, 6.45) is 3.86. The minimum absolute atomic E-state index is 0.0762. The van der Waals surface area contributed by atoms with Crippen molar-refractivity contribution >= 4 is 0 Å². The molecule has 100 valence electrons. The van der Waals surface area contributed by atoms with E-state index in [9.17, 15) is 0 Å². The molecule has 0 bridgehead atoms. The van der Waals surface area contributed by atoms with Crippen LogP contribution < -0.4 is 10.5 Å². The second kappa shape index (κ2) is 6.21. The van der Waals surface area contributed by atoms with Crippen LogP contribution in [-0.2, 0) is 0 Å². The molecule has 0 aliphatic carbocycles. The van der Waals surface area contributed by atoms with Gasteiger partial charge in [0, 0.05) is 18.6 Å². The molecule has 1 saturated heterocycles. The predicted octanol–water partition coefficient (Wildman–Crippen LogP) is 2.57. The number of rotatable bonds is 5. The quantitative estimate of drug-likeness (QED) is 0.870. The maximum atomic E-state index is 6.32. The van der Waals surface area contributed by atoms with Gasteiger partial charge in [0.05, 0.1) is 7.11 Å². The summed E-state index contributed by atoms with van der Waals surface area (Å²) in [6.45, 7) is 4.40. The topological polar surface area (TPSA) is 38.5 Å². The van der Waals surface area contributed by atoms with Crippen LogP contribution in [-0.4, -0.2) is 31.1 Å². The Bertz CT molecular complexity index is 381. The van der Waals surface area contributed by atoms with Crippen LogP contribution in [0.15, 0.2) is 24.3 Å². The van der Waals surface area contributed by atoms with Gasteiger partial charge in [0.15, 0.2) is 0 Å². The monoisotopic (exact) mass is 248 g/mol. The molecule has 0 radical (unpaired) electrons. The lowest BCUT2D eigenvalue weighted by molar-refractivity contribution is 0.234. The molecule has 18 heavy (non-hydrogen) atoms. The molecule has 0 amide bonds. The summed E-state index contributed by atoms with van der Waals surface area (Å²) in [5.74, 6) is 0.886. The summed E-state index contributed by atoms with van der Waals surface area (Å²) in [6, 6.07) is 8.90. The molecular formula is C15H24N2O. The normalized spacial score (nSPS) is 22.1. The number of hydrogen-bond donors (Lipinski definition) is 1. The van der Waals surface area contributed by atoms with E-state index in [2.05, 4.69) is 17.9 Å². The zero-order valence-corrected chi connectivity index (χ0v) is 11.4. The highest BCUT2D eigenvalue weighted by atomic mass is 16.5. The second-order valence-corrected chi connectivity index (χ2v) is 5.08. The third-order valence-electron chi connectivity index (χ3n) is 3.92. The van der Waals surface area contributed by atoms with Crippen molar-refractivity contribution < 1.29 is 4.74 Å². The van der Waals surface area contributed by atoms with Gasteiger partial charge in [-0.25, -0.2) is 0 Å². The van der Waals surface area contributed by atoms with Gasteiger partial charge in [0.1, 0.15) is 5.75 Å². The molecule has 1 aliphatic rings. The minimum atomic E-state index is 0.0762. The van der Waals surface area contributed by atoms with Crippen LogP contribution in [0.2, 0.25) is 0 Å². The Morgan fingerprint density at radius 1 is 1.50 bits per heavy atom. The summed E-state index contributed by atoms with van der Waals surface area (Å²) >= 11 is 0. The van der Waals surface area contributed by atoms with Crippen molar-refractivity contribution in [2.75, 3.05) is 20.2 Å². The van der Waals surface area contributed by atoms with Crippen LogP contribution in [0.25, 0.3) is 0 Å². The third-order valence-corrected chi connectivity index (χ3v) is 3.92. The van der Waals surface area contributed by atoms with E-state index in [4.69, 9.17) is 10.5 Å². The highest BCUT2D eigenvalue weighted by molar-refractivity contribution is 5.30. The summed E-state index contributed by atoms with van der Waals surface area (Å²) in [7, 11) is 1.69. The molecule has 3 heteroatoms. The average molecular weight is 248 g/mol. The van der Waals surface area contributed by atoms with E-state index < -0.39 is 0 Å². The van der Waals surface area contributed by atoms with Gasteiger partial charge in [-0.1, -0.05) is 19.1 Å². The average Bonchev–Trinajstić information content (AvgIpc) is 2.86. The van der Waals surface area contributed by atoms with Gasteiger partial charge >= 0.3 is 0 Å². The number of nitrogens with two attached hydrogens (primary N) is 1. The molecular weight excluding hydrogens is 224 g/mol. The highest BCUT2D eigenvalue weighted by Crippen LogP contribution is 2.24. The van der Waals surface area contributed by atoms with Crippen LogP contribution >= 0.6 is 0 Å². The van der Waals surface area contributed by atoms with Gasteiger partial charge in [-0.15, -0.1) is 0 Å². The highest BCUT2D eigenvalue weighted by Gasteiger charge is 2.24. The van der Waals surface area contributed by atoms with E-state index in [0.29, 0.717) is 0 Å². The third kappa shape index (κ3) is 3.03. The van der Waals surface area contributed by atoms with Crippen LogP contribution in [0, 0.1) is 0 Å². The van der Waals surface area contributed by atoms with Crippen molar-refractivity contribution in [2.24, 2.45) is 5.73 Å². The van der Waals surface area contributed by atoms with Crippen molar-refractivity contribution in [3.05, 3.63) is 29.8 Å². The van der Waals surface area contributed by atoms with Crippen molar-refractivity contribution in [1.29, 1.82) is 0 Å². The van der Waals surface area contributed by atoms with E-state index in [-0.39, 0.29) is 6.04 Å². The van der Waals surface area contributed by atoms with E-state index in [1.807, 2.05) is 18.2 Å². The van der Waals surface area contributed by atoms with Gasteiger partial charge in [-0.05, 0) is 43.5 Å². The summed E-state index contributed by atoms with van der Waals surface area (Å²) in [5.41, 5.74) is 7.48. The molecule has 2 atom stereocenters. The summed E-state index contributed by atoms with van der Waals surface area (Å²) < 4.78 is 5.25. The standard InChI is InChI=1S/C15H24N2O/c1-3-13-7-5-9-17(13)11-15(16)12-6-4-8-14(10-12)18-2/h4,6,8,10,13,15H,3,5,7,9,11,16H2,1-2H3. The van der Waals surface area contributed by atoms with Gasteiger partial charge in [0.2, 0.25) is 0 Å². The van der Waals surface area contributed by atoms with E-state index in [1.54, 1.807) is 7.11 Å². The van der Waals surface area contributed by atoms with Crippen molar-refractivity contribution in [3.63, 3.8) is 0 Å². The van der Waals surface area contributed by atoms with Gasteiger partial charge in [-0.3, -0.25) is 4.90 Å². The Hall–Kier alpha value is -1.06. The van der Waals surface area contributed by atoms with E-state index in [0.717, 1.165) is 23.9 Å². The molecule has 1 aromatic carbocycles. The van der Waals surface area contributed by atoms with E-state index in [1.165, 1.54) is 25.8 Å². The van der Waals surface area contributed by atoms with Crippen molar-refractivity contribution in [1.82, 2.24) is 4.90 Å². The molecule has 0 spiro atoms. The first-order valence-electron chi connectivity index (χ1n) is 6.88. The number of likely N-dealkylation sites (tertiary alicyclic amines) is 1. The first-order valence-corrected chi connectivity index (χ1v) is 6.88. The number of benzene rings is 1. The molecule has 2 N–H and O–H groups in total. The Labute approximate surface area is 110 Å². The molecule has 2 rings (SSSR count).